The Morgan fingerprint density at radius 2 is 2.19 bits per heavy atom. The molecule has 1 aromatic heterocycles. The molecule has 0 radical (unpaired) electrons. The number of hydrogen-bond acceptors (Lipinski definition) is 4. The van der Waals surface area contributed by atoms with Crippen LogP contribution in [-0.4, -0.2) is 57.7 Å². The smallest absolute Gasteiger partial charge is 0.239 e. The zero-order valence-electron chi connectivity index (χ0n) is 13.2. The second kappa shape index (κ2) is 7.56. The van der Waals surface area contributed by atoms with E-state index in [0.717, 1.165) is 52.1 Å². The number of nitrogens with zero attached hydrogens (tertiary/aromatic N) is 4. The summed E-state index contributed by atoms with van der Waals surface area (Å²) < 4.78 is 2.00. The first-order valence-electron chi connectivity index (χ1n) is 7.88. The molecule has 1 atom stereocenters. The fourth-order valence-corrected chi connectivity index (χ4v) is 2.74. The lowest BCUT2D eigenvalue weighted by molar-refractivity contribution is -0.132. The highest BCUT2D eigenvalue weighted by molar-refractivity contribution is 5.81. The van der Waals surface area contributed by atoms with Crippen LogP contribution in [0.2, 0.25) is 0 Å². The predicted octanol–water partition coefficient (Wildman–Crippen LogP) is 0.675. The minimum Gasteiger partial charge on any atom is -0.340 e. The average Bonchev–Trinajstić information content (AvgIpc) is 2.75. The molecule has 2 N–H and O–H groups in total. The molecule has 6 heteroatoms. The summed E-state index contributed by atoms with van der Waals surface area (Å²) in [5, 5.41) is 4.37. The summed E-state index contributed by atoms with van der Waals surface area (Å²) in [6.07, 6.45) is 6.17. The number of aryl methyl sites for hydroxylation is 1. The summed E-state index contributed by atoms with van der Waals surface area (Å²) in [6, 6.07) is -0.399. The largest absolute Gasteiger partial charge is 0.340 e. The Labute approximate surface area is 126 Å². The molecular weight excluding hydrogens is 266 g/mol. The highest BCUT2D eigenvalue weighted by Crippen LogP contribution is 2.09. The van der Waals surface area contributed by atoms with Crippen molar-refractivity contribution in [3.63, 3.8) is 0 Å². The summed E-state index contributed by atoms with van der Waals surface area (Å²) in [7, 11) is 0. The Kier molecular flexibility index (Phi) is 5.76. The molecule has 1 unspecified atom stereocenters. The normalized spacial score (nSPS) is 18.5. The molecule has 0 aliphatic carbocycles. The van der Waals surface area contributed by atoms with Crippen LogP contribution in [0, 0.1) is 0 Å². The molecule has 1 saturated heterocycles. The van der Waals surface area contributed by atoms with Gasteiger partial charge in [0.25, 0.3) is 0 Å². The van der Waals surface area contributed by atoms with E-state index in [1.807, 2.05) is 15.8 Å². The lowest BCUT2D eigenvalue weighted by atomic mass is 10.3. The number of carbonyl (C=O) groups is 1. The summed E-state index contributed by atoms with van der Waals surface area (Å²) in [4.78, 5) is 16.2. The fraction of sp³-hybridized carbons (Fsp3) is 0.733. The summed E-state index contributed by atoms with van der Waals surface area (Å²) >= 11 is 0. The lowest BCUT2D eigenvalue weighted by Crippen LogP contribution is -2.43. The first-order valence-corrected chi connectivity index (χ1v) is 7.88. The molecule has 1 aromatic rings. The molecule has 0 bridgehead atoms. The first-order chi connectivity index (χ1) is 10.1. The van der Waals surface area contributed by atoms with Crippen LogP contribution in [-0.2, 0) is 17.9 Å². The minimum atomic E-state index is -0.399. The van der Waals surface area contributed by atoms with E-state index < -0.39 is 6.04 Å². The second-order valence-corrected chi connectivity index (χ2v) is 5.86. The standard InChI is InChI=1S/C15H27N5O/c1-3-5-20-12-14(10-17-20)11-18-6-4-7-19(9-8-18)15(21)13(2)16/h10,12-13H,3-9,11,16H2,1-2H3. The number of amides is 1. The van der Waals surface area contributed by atoms with Crippen LogP contribution in [0.1, 0.15) is 32.3 Å². The van der Waals surface area contributed by atoms with Crippen molar-refractivity contribution in [2.75, 3.05) is 26.2 Å². The molecule has 1 fully saturated rings. The van der Waals surface area contributed by atoms with Gasteiger partial charge in [0.1, 0.15) is 0 Å². The number of carbonyl (C=O) groups excluding carboxylic acids is 1. The summed E-state index contributed by atoms with van der Waals surface area (Å²) in [5.74, 6) is 0.0626. The maximum Gasteiger partial charge on any atom is 0.239 e. The molecule has 1 aliphatic rings. The molecule has 0 spiro atoms. The van der Waals surface area contributed by atoms with E-state index in [9.17, 15) is 4.79 Å². The van der Waals surface area contributed by atoms with Crippen LogP contribution in [0.25, 0.3) is 0 Å². The number of nitrogens with two attached hydrogens (primary N) is 1. The van der Waals surface area contributed by atoms with Crippen molar-refractivity contribution in [1.29, 1.82) is 0 Å². The van der Waals surface area contributed by atoms with Gasteiger partial charge in [-0.05, 0) is 19.8 Å². The van der Waals surface area contributed by atoms with Crippen LogP contribution in [0.5, 0.6) is 0 Å². The predicted molar refractivity (Wildman–Crippen MR) is 82.6 cm³/mol. The van der Waals surface area contributed by atoms with Gasteiger partial charge >= 0.3 is 0 Å². The van der Waals surface area contributed by atoms with E-state index in [4.69, 9.17) is 5.73 Å². The summed E-state index contributed by atoms with van der Waals surface area (Å²) in [5.41, 5.74) is 6.94. The van der Waals surface area contributed by atoms with Gasteiger partial charge < -0.3 is 10.6 Å². The molecule has 2 heterocycles. The van der Waals surface area contributed by atoms with Crippen molar-refractivity contribution < 1.29 is 4.79 Å². The van der Waals surface area contributed by atoms with Crippen molar-refractivity contribution in [3.05, 3.63) is 18.0 Å². The molecule has 1 aliphatic heterocycles. The molecule has 21 heavy (non-hydrogen) atoms. The highest BCUT2D eigenvalue weighted by Gasteiger charge is 2.21. The van der Waals surface area contributed by atoms with Gasteiger partial charge in [-0.25, -0.2) is 0 Å². The third kappa shape index (κ3) is 4.54. The third-order valence-corrected chi connectivity index (χ3v) is 3.84. The zero-order chi connectivity index (χ0) is 15.2. The summed E-state index contributed by atoms with van der Waals surface area (Å²) in [6.45, 7) is 9.28. The van der Waals surface area contributed by atoms with Crippen molar-refractivity contribution in [2.45, 2.75) is 45.8 Å². The topological polar surface area (TPSA) is 67.4 Å². The Morgan fingerprint density at radius 1 is 1.38 bits per heavy atom. The molecule has 1 amide bonds. The lowest BCUT2D eigenvalue weighted by Gasteiger charge is -2.23. The van der Waals surface area contributed by atoms with Gasteiger partial charge in [0, 0.05) is 51.0 Å². The second-order valence-electron chi connectivity index (χ2n) is 5.86. The molecule has 0 saturated carbocycles. The molecule has 6 nitrogen and oxygen atoms in total. The third-order valence-electron chi connectivity index (χ3n) is 3.84. The van der Waals surface area contributed by atoms with Crippen LogP contribution in [0.4, 0.5) is 0 Å². The van der Waals surface area contributed by atoms with Gasteiger partial charge in [-0.15, -0.1) is 0 Å². The number of hydrogen-bond donors (Lipinski definition) is 1. The van der Waals surface area contributed by atoms with Crippen molar-refractivity contribution in [1.82, 2.24) is 19.6 Å². The molecular formula is C15H27N5O. The number of aromatic nitrogens is 2. The number of rotatable bonds is 5. The maximum absolute atomic E-state index is 12.0. The maximum atomic E-state index is 12.0. The van der Waals surface area contributed by atoms with Crippen LogP contribution in [0.3, 0.4) is 0 Å². The zero-order valence-corrected chi connectivity index (χ0v) is 13.2. The Hall–Kier alpha value is -1.40. The minimum absolute atomic E-state index is 0.0626. The highest BCUT2D eigenvalue weighted by atomic mass is 16.2. The van der Waals surface area contributed by atoms with Crippen LogP contribution >= 0.6 is 0 Å². The first kappa shape index (κ1) is 16.0. The van der Waals surface area contributed by atoms with Gasteiger partial charge in [-0.3, -0.25) is 14.4 Å². The van der Waals surface area contributed by atoms with Crippen molar-refractivity contribution >= 4 is 5.91 Å². The van der Waals surface area contributed by atoms with E-state index in [2.05, 4.69) is 23.1 Å². The van der Waals surface area contributed by atoms with Gasteiger partial charge in [0.2, 0.25) is 5.91 Å². The SMILES string of the molecule is CCCn1cc(CN2CCCN(C(=O)C(C)N)CC2)cn1. The van der Waals surface area contributed by atoms with Gasteiger partial charge in [0.15, 0.2) is 0 Å². The van der Waals surface area contributed by atoms with E-state index in [1.165, 1.54) is 5.56 Å². The Balaban J connectivity index is 1.86. The van der Waals surface area contributed by atoms with Gasteiger partial charge in [-0.1, -0.05) is 6.92 Å². The van der Waals surface area contributed by atoms with E-state index in [-0.39, 0.29) is 5.91 Å². The van der Waals surface area contributed by atoms with Crippen LogP contribution < -0.4 is 5.73 Å². The molecule has 0 aromatic carbocycles. The van der Waals surface area contributed by atoms with Gasteiger partial charge in [-0.2, -0.15) is 5.10 Å². The van der Waals surface area contributed by atoms with E-state index >= 15 is 0 Å². The Bertz CT molecular complexity index is 457. The molecule has 2 rings (SSSR count). The molecule has 118 valence electrons. The van der Waals surface area contributed by atoms with E-state index in [1.54, 1.807) is 6.92 Å². The fourth-order valence-electron chi connectivity index (χ4n) is 2.74. The van der Waals surface area contributed by atoms with Crippen molar-refractivity contribution in [2.24, 2.45) is 5.73 Å². The average molecular weight is 293 g/mol. The van der Waals surface area contributed by atoms with E-state index in [0.29, 0.717) is 0 Å². The van der Waals surface area contributed by atoms with Crippen molar-refractivity contribution in [3.8, 4) is 0 Å². The Morgan fingerprint density at radius 3 is 2.90 bits per heavy atom. The van der Waals surface area contributed by atoms with Gasteiger partial charge in [0.05, 0.1) is 12.2 Å². The van der Waals surface area contributed by atoms with Crippen LogP contribution in [0.15, 0.2) is 12.4 Å². The quantitative estimate of drug-likeness (QED) is 0.866. The monoisotopic (exact) mass is 293 g/mol.